The van der Waals surface area contributed by atoms with E-state index in [2.05, 4.69) is 17.3 Å². The lowest BCUT2D eigenvalue weighted by molar-refractivity contribution is -0.00399. The van der Waals surface area contributed by atoms with E-state index in [1.165, 1.54) is 6.42 Å². The number of aliphatic hydroxyl groups is 1. The van der Waals surface area contributed by atoms with Crippen LogP contribution in [0.15, 0.2) is 0 Å². The SMILES string of the molecule is CC.CCOCC1(CO)CCCN1C.CCOCC1CC(F)(F)CN1. The molecule has 2 rings (SSSR count). The molecular formula is C18H38F2N2O3. The molecule has 152 valence electrons. The molecule has 2 aliphatic heterocycles. The van der Waals surface area contributed by atoms with Gasteiger partial charge in [0.2, 0.25) is 0 Å². The second-order valence-electron chi connectivity index (χ2n) is 6.34. The Labute approximate surface area is 152 Å². The van der Waals surface area contributed by atoms with E-state index in [1.54, 1.807) is 0 Å². The molecule has 25 heavy (non-hydrogen) atoms. The molecule has 2 unspecified atom stereocenters. The molecule has 0 saturated carbocycles. The molecule has 0 aliphatic carbocycles. The number of nitrogens with zero attached hydrogens (tertiary/aromatic N) is 1. The molecular weight excluding hydrogens is 330 g/mol. The molecule has 7 heteroatoms. The van der Waals surface area contributed by atoms with Gasteiger partial charge in [-0.1, -0.05) is 13.8 Å². The van der Waals surface area contributed by atoms with Gasteiger partial charge in [-0.05, 0) is 40.3 Å². The summed E-state index contributed by atoms with van der Waals surface area (Å²) in [6, 6.07) is -0.162. The van der Waals surface area contributed by atoms with Crippen molar-refractivity contribution >= 4 is 0 Å². The number of halogens is 2. The highest BCUT2D eigenvalue weighted by Crippen LogP contribution is 2.27. The maximum absolute atomic E-state index is 12.5. The first-order chi connectivity index (χ1) is 11.9. The van der Waals surface area contributed by atoms with Crippen LogP contribution in [0.4, 0.5) is 8.78 Å². The lowest BCUT2D eigenvalue weighted by Gasteiger charge is -2.33. The summed E-state index contributed by atoms with van der Waals surface area (Å²) in [5.41, 5.74) is -0.0873. The van der Waals surface area contributed by atoms with Gasteiger partial charge in [-0.15, -0.1) is 0 Å². The van der Waals surface area contributed by atoms with Crippen molar-refractivity contribution in [2.45, 2.75) is 64.5 Å². The molecule has 0 bridgehead atoms. The Bertz CT molecular complexity index is 335. The van der Waals surface area contributed by atoms with Crippen LogP contribution in [-0.2, 0) is 9.47 Å². The topological polar surface area (TPSA) is 54.0 Å². The molecule has 0 aromatic rings. The predicted molar refractivity (Wildman–Crippen MR) is 97.4 cm³/mol. The van der Waals surface area contributed by atoms with Crippen molar-refractivity contribution in [3.05, 3.63) is 0 Å². The minimum Gasteiger partial charge on any atom is -0.394 e. The molecule has 0 radical (unpaired) electrons. The van der Waals surface area contributed by atoms with Crippen molar-refractivity contribution in [3.63, 3.8) is 0 Å². The van der Waals surface area contributed by atoms with Crippen LogP contribution in [0.1, 0.15) is 47.0 Å². The summed E-state index contributed by atoms with van der Waals surface area (Å²) >= 11 is 0. The summed E-state index contributed by atoms with van der Waals surface area (Å²) < 4.78 is 35.4. The average molecular weight is 369 g/mol. The summed E-state index contributed by atoms with van der Waals surface area (Å²) in [7, 11) is 2.06. The zero-order valence-electron chi connectivity index (χ0n) is 16.6. The van der Waals surface area contributed by atoms with Gasteiger partial charge in [0.25, 0.3) is 5.92 Å². The van der Waals surface area contributed by atoms with Crippen molar-refractivity contribution < 1.29 is 23.4 Å². The highest BCUT2D eigenvalue weighted by molar-refractivity contribution is 4.93. The van der Waals surface area contributed by atoms with Gasteiger partial charge in [-0.25, -0.2) is 8.78 Å². The smallest absolute Gasteiger partial charge is 0.261 e. The van der Waals surface area contributed by atoms with Gasteiger partial charge in [0.15, 0.2) is 0 Å². The van der Waals surface area contributed by atoms with Gasteiger partial charge in [0.05, 0.1) is 31.9 Å². The normalized spacial score (nSPS) is 28.1. The molecule has 2 fully saturated rings. The van der Waals surface area contributed by atoms with E-state index in [0.717, 1.165) is 19.6 Å². The number of nitrogens with one attached hydrogen (secondary N) is 1. The molecule has 0 amide bonds. The fraction of sp³-hybridized carbons (Fsp3) is 1.00. The largest absolute Gasteiger partial charge is 0.394 e. The molecule has 2 aliphatic rings. The summed E-state index contributed by atoms with van der Waals surface area (Å²) in [5.74, 6) is -2.53. The highest BCUT2D eigenvalue weighted by Gasteiger charge is 2.39. The highest BCUT2D eigenvalue weighted by atomic mass is 19.3. The van der Waals surface area contributed by atoms with Crippen LogP contribution < -0.4 is 5.32 Å². The maximum Gasteiger partial charge on any atom is 0.261 e. The fourth-order valence-corrected chi connectivity index (χ4v) is 2.97. The Morgan fingerprint density at radius 3 is 2.24 bits per heavy atom. The van der Waals surface area contributed by atoms with E-state index in [-0.39, 0.29) is 31.2 Å². The van der Waals surface area contributed by atoms with Crippen LogP contribution in [0.2, 0.25) is 0 Å². The van der Waals surface area contributed by atoms with Crippen LogP contribution in [-0.4, -0.2) is 80.7 Å². The van der Waals surface area contributed by atoms with Crippen LogP contribution in [0.25, 0.3) is 0 Å². The van der Waals surface area contributed by atoms with E-state index < -0.39 is 5.92 Å². The van der Waals surface area contributed by atoms with Crippen LogP contribution in [0.3, 0.4) is 0 Å². The quantitative estimate of drug-likeness (QED) is 0.723. The molecule has 0 aromatic carbocycles. The van der Waals surface area contributed by atoms with Crippen molar-refractivity contribution in [1.82, 2.24) is 10.2 Å². The van der Waals surface area contributed by atoms with E-state index in [4.69, 9.17) is 9.47 Å². The zero-order valence-corrected chi connectivity index (χ0v) is 16.6. The number of alkyl halides is 2. The monoisotopic (exact) mass is 368 g/mol. The fourth-order valence-electron chi connectivity index (χ4n) is 2.97. The number of likely N-dealkylation sites (N-methyl/N-ethyl adjacent to an activating group) is 1. The third kappa shape index (κ3) is 8.73. The molecule has 0 spiro atoms. The summed E-state index contributed by atoms with van der Waals surface area (Å²) in [6.45, 7) is 11.3. The molecule has 2 heterocycles. The van der Waals surface area contributed by atoms with Gasteiger partial charge in [0.1, 0.15) is 0 Å². The Morgan fingerprint density at radius 1 is 1.20 bits per heavy atom. The third-order valence-electron chi connectivity index (χ3n) is 4.53. The van der Waals surface area contributed by atoms with Crippen molar-refractivity contribution in [2.75, 3.05) is 53.2 Å². The van der Waals surface area contributed by atoms with E-state index in [9.17, 15) is 13.9 Å². The predicted octanol–water partition coefficient (Wildman–Crippen LogP) is 2.53. The second-order valence-corrected chi connectivity index (χ2v) is 6.34. The van der Waals surface area contributed by atoms with Gasteiger partial charge < -0.3 is 19.9 Å². The Morgan fingerprint density at radius 2 is 1.84 bits per heavy atom. The van der Waals surface area contributed by atoms with E-state index in [1.807, 2.05) is 27.7 Å². The first-order valence-corrected chi connectivity index (χ1v) is 9.48. The average Bonchev–Trinajstić information content (AvgIpc) is 3.16. The first-order valence-electron chi connectivity index (χ1n) is 9.48. The van der Waals surface area contributed by atoms with E-state index in [0.29, 0.717) is 19.8 Å². The minimum atomic E-state index is -2.53. The lowest BCUT2D eigenvalue weighted by atomic mass is 9.99. The Hall–Kier alpha value is -0.340. The summed E-state index contributed by atoms with van der Waals surface area (Å²) in [5, 5.41) is 12.0. The van der Waals surface area contributed by atoms with Gasteiger partial charge in [0, 0.05) is 25.7 Å². The van der Waals surface area contributed by atoms with Crippen LogP contribution >= 0.6 is 0 Å². The zero-order chi connectivity index (χ0) is 19.3. The molecule has 2 saturated heterocycles. The third-order valence-corrected chi connectivity index (χ3v) is 4.53. The van der Waals surface area contributed by atoms with Crippen molar-refractivity contribution in [2.24, 2.45) is 0 Å². The maximum atomic E-state index is 12.5. The number of ether oxygens (including phenoxy) is 2. The summed E-state index contributed by atoms with van der Waals surface area (Å²) in [4.78, 5) is 2.21. The van der Waals surface area contributed by atoms with Gasteiger partial charge >= 0.3 is 0 Å². The van der Waals surface area contributed by atoms with Crippen molar-refractivity contribution in [1.29, 1.82) is 0 Å². The standard InChI is InChI=1S/C9H19NO2.C7H13F2NO.C2H6/c1-3-12-8-9(7-11)5-4-6-10(9)2;1-2-11-4-6-3-7(8,9)5-10-6;1-2/h11H,3-8H2,1-2H3;6,10H,2-5H2,1H3;1-2H3. The second kappa shape index (κ2) is 12.9. The molecule has 2 N–H and O–H groups in total. The van der Waals surface area contributed by atoms with Crippen LogP contribution in [0, 0.1) is 0 Å². The number of hydrogen-bond donors (Lipinski definition) is 2. The van der Waals surface area contributed by atoms with E-state index >= 15 is 0 Å². The first kappa shape index (κ1) is 24.7. The van der Waals surface area contributed by atoms with Crippen LogP contribution in [0.5, 0.6) is 0 Å². The molecule has 0 aromatic heterocycles. The number of likely N-dealkylation sites (tertiary alicyclic amines) is 1. The lowest BCUT2D eigenvalue weighted by Crippen LogP contribution is -2.48. The number of rotatable bonds is 7. The Kier molecular flexibility index (Phi) is 12.7. The van der Waals surface area contributed by atoms with Crippen molar-refractivity contribution in [3.8, 4) is 0 Å². The summed E-state index contributed by atoms with van der Waals surface area (Å²) in [6.07, 6.45) is 2.14. The number of aliphatic hydroxyl groups excluding tert-OH is 1. The number of hydrogen-bond acceptors (Lipinski definition) is 5. The van der Waals surface area contributed by atoms with Gasteiger partial charge in [-0.2, -0.15) is 0 Å². The van der Waals surface area contributed by atoms with Gasteiger partial charge in [-0.3, -0.25) is 4.90 Å². The molecule has 5 nitrogen and oxygen atoms in total. The minimum absolute atomic E-state index is 0.0873. The Balaban J connectivity index is 0.000000421. The molecule has 2 atom stereocenters.